The second kappa shape index (κ2) is 6.78. The third-order valence-corrected chi connectivity index (χ3v) is 5.06. The fourth-order valence-electron chi connectivity index (χ4n) is 2.65. The van der Waals surface area contributed by atoms with Crippen molar-refractivity contribution in [3.8, 4) is 0 Å². The van der Waals surface area contributed by atoms with Crippen LogP contribution >= 0.6 is 11.3 Å². The average Bonchev–Trinajstić information content (AvgIpc) is 2.99. The van der Waals surface area contributed by atoms with Crippen LogP contribution in [0.15, 0.2) is 48.6 Å². The number of pyridine rings is 1. The highest BCUT2D eigenvalue weighted by molar-refractivity contribution is 7.16. The van der Waals surface area contributed by atoms with Gasteiger partial charge in [0, 0.05) is 17.7 Å². The Bertz CT molecular complexity index is 862. The molecule has 2 unspecified atom stereocenters. The van der Waals surface area contributed by atoms with Crippen molar-refractivity contribution in [3.05, 3.63) is 64.7 Å². The number of alkyl halides is 1. The van der Waals surface area contributed by atoms with Gasteiger partial charge in [0.1, 0.15) is 10.8 Å². The SMILES string of the molecule is COC1(F)C=CC=CC1c1cc(C(N)=O)c(Nc2cccc(C)n2)s1. The van der Waals surface area contributed by atoms with Crippen molar-refractivity contribution in [2.75, 3.05) is 12.4 Å². The van der Waals surface area contributed by atoms with Crippen LogP contribution in [0.3, 0.4) is 0 Å². The molecule has 1 aliphatic carbocycles. The monoisotopic (exact) mass is 359 g/mol. The number of methoxy groups -OCH3 is 1. The third kappa shape index (κ3) is 3.47. The van der Waals surface area contributed by atoms with Gasteiger partial charge in [0.15, 0.2) is 0 Å². The minimum absolute atomic E-state index is 0.296. The van der Waals surface area contributed by atoms with Gasteiger partial charge in [-0.25, -0.2) is 9.37 Å². The van der Waals surface area contributed by atoms with Crippen LogP contribution in [0, 0.1) is 6.92 Å². The van der Waals surface area contributed by atoms with Gasteiger partial charge in [0.2, 0.25) is 5.85 Å². The van der Waals surface area contributed by atoms with E-state index in [2.05, 4.69) is 10.3 Å². The van der Waals surface area contributed by atoms with Crippen molar-refractivity contribution >= 4 is 28.1 Å². The molecule has 2 aromatic rings. The van der Waals surface area contributed by atoms with E-state index >= 15 is 0 Å². The van der Waals surface area contributed by atoms with Gasteiger partial charge in [-0.2, -0.15) is 0 Å². The molecule has 5 nitrogen and oxygen atoms in total. The zero-order valence-electron chi connectivity index (χ0n) is 13.8. The number of rotatable bonds is 5. The Morgan fingerprint density at radius 1 is 1.44 bits per heavy atom. The smallest absolute Gasteiger partial charge is 0.251 e. The van der Waals surface area contributed by atoms with E-state index in [1.807, 2.05) is 19.1 Å². The van der Waals surface area contributed by atoms with Crippen LogP contribution in [0.4, 0.5) is 15.2 Å². The number of aryl methyl sites for hydroxylation is 1. The summed E-state index contributed by atoms with van der Waals surface area (Å²) in [5.41, 5.74) is 6.63. The Hall–Kier alpha value is -2.51. The van der Waals surface area contributed by atoms with E-state index in [1.54, 1.807) is 30.4 Å². The van der Waals surface area contributed by atoms with Crippen LogP contribution in [-0.2, 0) is 4.74 Å². The second-order valence-corrected chi connectivity index (χ2v) is 6.75. The number of nitrogens with one attached hydrogen (secondary N) is 1. The van der Waals surface area contributed by atoms with Crippen LogP contribution in [-0.4, -0.2) is 23.9 Å². The number of anilines is 2. The third-order valence-electron chi connectivity index (χ3n) is 3.93. The van der Waals surface area contributed by atoms with E-state index in [9.17, 15) is 9.18 Å². The van der Waals surface area contributed by atoms with E-state index in [0.29, 0.717) is 21.3 Å². The van der Waals surface area contributed by atoms with Gasteiger partial charge in [-0.15, -0.1) is 11.3 Å². The number of nitrogens with zero attached hydrogens (tertiary/aromatic N) is 1. The number of allylic oxidation sites excluding steroid dienone is 2. The molecule has 1 amide bonds. The molecule has 2 atom stereocenters. The summed E-state index contributed by atoms with van der Waals surface area (Å²) in [6, 6.07) is 7.12. The molecular formula is C18H18FN3O2S. The van der Waals surface area contributed by atoms with E-state index in [-0.39, 0.29) is 0 Å². The second-order valence-electron chi connectivity index (χ2n) is 5.67. The highest BCUT2D eigenvalue weighted by atomic mass is 32.1. The molecule has 0 saturated carbocycles. The number of hydrogen-bond donors (Lipinski definition) is 2. The van der Waals surface area contributed by atoms with Crippen molar-refractivity contribution in [2.45, 2.75) is 18.7 Å². The summed E-state index contributed by atoms with van der Waals surface area (Å²) >= 11 is 1.26. The molecule has 25 heavy (non-hydrogen) atoms. The molecule has 2 aromatic heterocycles. The van der Waals surface area contributed by atoms with Crippen molar-refractivity contribution in [3.63, 3.8) is 0 Å². The molecule has 0 spiro atoms. The molecule has 130 valence electrons. The molecular weight excluding hydrogens is 341 g/mol. The summed E-state index contributed by atoms with van der Waals surface area (Å²) in [5, 5.41) is 3.63. The predicted octanol–water partition coefficient (Wildman–Crippen LogP) is 3.82. The maximum atomic E-state index is 15.0. The summed E-state index contributed by atoms with van der Waals surface area (Å²) in [7, 11) is 1.31. The standard InChI is InChI=1S/C18H18FN3O2S/c1-11-6-5-8-15(21-11)22-17-12(16(20)23)10-14(25-17)13-7-3-4-9-18(13,19)24-2/h3-10,13H,1-2H3,(H2,20,23)(H,21,22). The summed E-state index contributed by atoms with van der Waals surface area (Å²) in [6.45, 7) is 1.87. The normalized spacial score (nSPS) is 22.1. The van der Waals surface area contributed by atoms with Crippen LogP contribution in [0.2, 0.25) is 0 Å². The van der Waals surface area contributed by atoms with Crippen molar-refractivity contribution < 1.29 is 13.9 Å². The van der Waals surface area contributed by atoms with E-state index in [1.165, 1.54) is 24.5 Å². The number of halogens is 1. The number of thiophene rings is 1. The lowest BCUT2D eigenvalue weighted by atomic mass is 9.93. The topological polar surface area (TPSA) is 77.2 Å². The van der Waals surface area contributed by atoms with Crippen LogP contribution in [0.25, 0.3) is 0 Å². The first kappa shape index (κ1) is 17.3. The number of amides is 1. The minimum Gasteiger partial charge on any atom is -0.366 e. The van der Waals surface area contributed by atoms with Gasteiger partial charge >= 0.3 is 0 Å². The first-order valence-corrected chi connectivity index (χ1v) is 8.49. The zero-order valence-corrected chi connectivity index (χ0v) is 14.6. The van der Waals surface area contributed by atoms with Crippen molar-refractivity contribution in [1.29, 1.82) is 0 Å². The van der Waals surface area contributed by atoms with Gasteiger partial charge in [-0.05, 0) is 31.2 Å². The molecule has 3 rings (SSSR count). The molecule has 2 heterocycles. The Morgan fingerprint density at radius 2 is 2.24 bits per heavy atom. The first-order chi connectivity index (χ1) is 11.9. The maximum Gasteiger partial charge on any atom is 0.251 e. The highest BCUT2D eigenvalue weighted by Gasteiger charge is 2.39. The predicted molar refractivity (Wildman–Crippen MR) is 97.0 cm³/mol. The lowest BCUT2D eigenvalue weighted by Gasteiger charge is -2.28. The lowest BCUT2D eigenvalue weighted by Crippen LogP contribution is -2.31. The number of aromatic nitrogens is 1. The molecule has 1 aliphatic rings. The molecule has 7 heteroatoms. The first-order valence-electron chi connectivity index (χ1n) is 7.67. The van der Waals surface area contributed by atoms with Crippen molar-refractivity contribution in [1.82, 2.24) is 4.98 Å². The molecule has 0 saturated heterocycles. The molecule has 0 bridgehead atoms. The fourth-order valence-corrected chi connectivity index (χ4v) is 3.85. The average molecular weight is 359 g/mol. The number of nitrogens with two attached hydrogens (primary N) is 1. The van der Waals surface area contributed by atoms with Gasteiger partial charge < -0.3 is 15.8 Å². The molecule has 0 fully saturated rings. The number of primary amides is 1. The van der Waals surface area contributed by atoms with E-state index < -0.39 is 17.7 Å². The molecule has 0 aliphatic heterocycles. The highest BCUT2D eigenvalue weighted by Crippen LogP contribution is 2.43. The van der Waals surface area contributed by atoms with Crippen molar-refractivity contribution in [2.24, 2.45) is 5.73 Å². The molecule has 0 radical (unpaired) electrons. The quantitative estimate of drug-likeness (QED) is 0.851. The van der Waals surface area contributed by atoms with Gasteiger partial charge in [0.05, 0.1) is 11.5 Å². The summed E-state index contributed by atoms with van der Waals surface area (Å²) < 4.78 is 20.0. The molecule has 0 aromatic carbocycles. The minimum atomic E-state index is -1.96. The van der Waals surface area contributed by atoms with Crippen LogP contribution < -0.4 is 11.1 Å². The van der Waals surface area contributed by atoms with Gasteiger partial charge in [-0.1, -0.05) is 24.3 Å². The number of carbonyl (C=O) groups is 1. The number of ether oxygens (including phenoxy) is 1. The Balaban J connectivity index is 1.99. The summed E-state index contributed by atoms with van der Waals surface area (Å²) in [4.78, 5) is 16.8. The molecule has 3 N–H and O–H groups in total. The summed E-state index contributed by atoms with van der Waals surface area (Å²) in [5.74, 6) is -2.62. The van der Waals surface area contributed by atoms with Crippen LogP contribution in [0.5, 0.6) is 0 Å². The van der Waals surface area contributed by atoms with Gasteiger partial charge in [-0.3, -0.25) is 4.79 Å². The Morgan fingerprint density at radius 3 is 2.92 bits per heavy atom. The van der Waals surface area contributed by atoms with Gasteiger partial charge in [0.25, 0.3) is 5.91 Å². The maximum absolute atomic E-state index is 15.0. The Labute approximate surface area is 149 Å². The van der Waals surface area contributed by atoms with E-state index in [4.69, 9.17) is 10.5 Å². The summed E-state index contributed by atoms with van der Waals surface area (Å²) in [6.07, 6.45) is 6.41. The fraction of sp³-hybridized carbons (Fsp3) is 0.222. The number of hydrogen-bond acceptors (Lipinski definition) is 5. The zero-order chi connectivity index (χ0) is 18.0. The largest absolute Gasteiger partial charge is 0.366 e. The van der Waals surface area contributed by atoms with E-state index in [0.717, 1.165) is 5.69 Å². The number of carbonyl (C=O) groups excluding carboxylic acids is 1. The Kier molecular flexibility index (Phi) is 4.69. The van der Waals surface area contributed by atoms with Crippen LogP contribution in [0.1, 0.15) is 26.8 Å². The lowest BCUT2D eigenvalue weighted by molar-refractivity contribution is -0.0894.